The lowest BCUT2D eigenvalue weighted by Gasteiger charge is -2.19. The van der Waals surface area contributed by atoms with Gasteiger partial charge in [0, 0.05) is 10.9 Å². The number of ether oxygens (including phenoxy) is 1. The Morgan fingerprint density at radius 2 is 1.85 bits per heavy atom. The van der Waals surface area contributed by atoms with Gasteiger partial charge in [0.2, 0.25) is 0 Å². The van der Waals surface area contributed by atoms with Crippen molar-refractivity contribution in [1.82, 2.24) is 0 Å². The van der Waals surface area contributed by atoms with Crippen LogP contribution in [0.1, 0.15) is 19.4 Å². The van der Waals surface area contributed by atoms with Gasteiger partial charge in [-0.25, -0.2) is 0 Å². The van der Waals surface area contributed by atoms with E-state index in [1.54, 1.807) is 7.11 Å². The molecule has 2 nitrogen and oxygen atoms in total. The Balaban J connectivity index is 2.37. The highest BCUT2D eigenvalue weighted by Crippen LogP contribution is 2.27. The first-order valence-corrected chi connectivity index (χ1v) is 7.18. The molecule has 1 atom stereocenters. The highest BCUT2D eigenvalue weighted by molar-refractivity contribution is 5.90. The zero-order chi connectivity index (χ0) is 14.5. The summed E-state index contributed by atoms with van der Waals surface area (Å²) >= 11 is 0. The molecule has 2 aromatic carbocycles. The molecule has 1 unspecified atom stereocenters. The van der Waals surface area contributed by atoms with E-state index >= 15 is 0 Å². The maximum Gasteiger partial charge on any atom is 0.126 e. The van der Waals surface area contributed by atoms with Crippen molar-refractivity contribution in [2.45, 2.75) is 20.4 Å². The second-order valence-electron chi connectivity index (χ2n) is 5.39. The lowest BCUT2D eigenvalue weighted by molar-refractivity contribution is -0.907. The van der Waals surface area contributed by atoms with E-state index in [-0.39, 0.29) is 0 Å². The van der Waals surface area contributed by atoms with Crippen LogP contribution in [0.3, 0.4) is 0 Å². The maximum absolute atomic E-state index is 5.46. The van der Waals surface area contributed by atoms with Crippen LogP contribution in [-0.2, 0) is 6.54 Å². The first-order valence-electron chi connectivity index (χ1n) is 7.18. The van der Waals surface area contributed by atoms with Crippen molar-refractivity contribution in [2.75, 3.05) is 20.2 Å². The fourth-order valence-electron chi connectivity index (χ4n) is 2.67. The van der Waals surface area contributed by atoms with E-state index in [2.05, 4.69) is 56.8 Å². The molecule has 2 aromatic rings. The normalized spacial score (nSPS) is 12.3. The number of nitrogens with one attached hydrogen (secondary N) is 1. The van der Waals surface area contributed by atoms with Crippen LogP contribution in [0, 0.1) is 0 Å². The summed E-state index contributed by atoms with van der Waals surface area (Å²) in [5, 5.41) is 2.48. The van der Waals surface area contributed by atoms with E-state index in [1.165, 1.54) is 26.8 Å². The maximum atomic E-state index is 5.46. The van der Waals surface area contributed by atoms with Crippen LogP contribution >= 0.6 is 0 Å². The van der Waals surface area contributed by atoms with E-state index in [0.717, 1.165) is 25.4 Å². The number of hydrogen-bond acceptors (Lipinski definition) is 1. The number of fused-ring (bicyclic) bond motifs is 1. The summed E-state index contributed by atoms with van der Waals surface area (Å²) in [4.78, 5) is 1.54. The summed E-state index contributed by atoms with van der Waals surface area (Å²) < 4.78 is 5.46. The first-order chi connectivity index (χ1) is 9.65. The van der Waals surface area contributed by atoms with Gasteiger partial charge in [0.1, 0.15) is 12.3 Å². The second kappa shape index (κ2) is 6.58. The van der Waals surface area contributed by atoms with E-state index in [0.29, 0.717) is 0 Å². The SMILES string of the molecule is C=C(C)C[NH+](CC)Cc1ccc(OC)c2ccccc12. The van der Waals surface area contributed by atoms with Crippen molar-refractivity contribution in [3.8, 4) is 5.75 Å². The average Bonchev–Trinajstić information content (AvgIpc) is 2.46. The molecule has 20 heavy (non-hydrogen) atoms. The van der Waals surface area contributed by atoms with E-state index < -0.39 is 0 Å². The molecule has 0 saturated heterocycles. The molecule has 0 heterocycles. The monoisotopic (exact) mass is 270 g/mol. The number of hydrogen-bond donors (Lipinski definition) is 1. The van der Waals surface area contributed by atoms with Crippen LogP contribution < -0.4 is 9.64 Å². The molecule has 0 aliphatic heterocycles. The molecule has 2 rings (SSSR count). The third-order valence-corrected chi connectivity index (χ3v) is 3.69. The lowest BCUT2D eigenvalue weighted by Crippen LogP contribution is -3.10. The summed E-state index contributed by atoms with van der Waals surface area (Å²) in [7, 11) is 1.73. The van der Waals surface area contributed by atoms with Crippen molar-refractivity contribution in [2.24, 2.45) is 0 Å². The van der Waals surface area contributed by atoms with Crippen LogP contribution in [-0.4, -0.2) is 20.2 Å². The van der Waals surface area contributed by atoms with Crippen molar-refractivity contribution >= 4 is 10.8 Å². The molecule has 0 aromatic heterocycles. The van der Waals surface area contributed by atoms with Gasteiger partial charge in [-0.1, -0.05) is 30.8 Å². The molecule has 2 heteroatoms. The predicted octanol–water partition coefficient (Wildman–Crippen LogP) is 2.83. The van der Waals surface area contributed by atoms with Gasteiger partial charge in [0.05, 0.1) is 20.2 Å². The fraction of sp³-hybridized carbons (Fsp3) is 0.333. The number of likely N-dealkylation sites (N-methyl/N-ethyl adjacent to an activating group) is 1. The molecule has 0 bridgehead atoms. The Labute approximate surface area is 121 Å². The first kappa shape index (κ1) is 14.6. The zero-order valence-corrected chi connectivity index (χ0v) is 12.7. The molecule has 0 radical (unpaired) electrons. The molecule has 0 spiro atoms. The van der Waals surface area contributed by atoms with Gasteiger partial charge < -0.3 is 9.64 Å². The molecule has 0 aliphatic rings. The molecule has 0 saturated carbocycles. The number of methoxy groups -OCH3 is 1. The molecular weight excluding hydrogens is 246 g/mol. The van der Waals surface area contributed by atoms with Gasteiger partial charge >= 0.3 is 0 Å². The molecule has 0 aliphatic carbocycles. The zero-order valence-electron chi connectivity index (χ0n) is 12.7. The Morgan fingerprint density at radius 3 is 2.45 bits per heavy atom. The van der Waals surface area contributed by atoms with Crippen LogP contribution in [0.2, 0.25) is 0 Å². The summed E-state index contributed by atoms with van der Waals surface area (Å²) in [6.45, 7) is 11.5. The van der Waals surface area contributed by atoms with Crippen LogP contribution in [0.4, 0.5) is 0 Å². The number of rotatable bonds is 6. The van der Waals surface area contributed by atoms with Crippen LogP contribution in [0.25, 0.3) is 10.8 Å². The third-order valence-electron chi connectivity index (χ3n) is 3.69. The predicted molar refractivity (Wildman–Crippen MR) is 85.4 cm³/mol. The van der Waals surface area contributed by atoms with E-state index in [9.17, 15) is 0 Å². The fourth-order valence-corrected chi connectivity index (χ4v) is 2.67. The molecule has 0 amide bonds. The topological polar surface area (TPSA) is 13.7 Å². The van der Waals surface area contributed by atoms with Crippen molar-refractivity contribution in [3.05, 3.63) is 54.1 Å². The van der Waals surface area contributed by atoms with Gasteiger partial charge in [-0.15, -0.1) is 0 Å². The highest BCUT2D eigenvalue weighted by atomic mass is 16.5. The quantitative estimate of drug-likeness (QED) is 0.797. The Kier molecular flexibility index (Phi) is 4.80. The van der Waals surface area contributed by atoms with Crippen LogP contribution in [0.5, 0.6) is 5.75 Å². The van der Waals surface area contributed by atoms with Gasteiger partial charge in [-0.3, -0.25) is 0 Å². The van der Waals surface area contributed by atoms with E-state index in [1.807, 2.05) is 0 Å². The number of benzene rings is 2. The summed E-state index contributed by atoms with van der Waals surface area (Å²) in [6, 6.07) is 12.7. The van der Waals surface area contributed by atoms with Gasteiger partial charge in [-0.05, 0) is 36.9 Å². The van der Waals surface area contributed by atoms with Gasteiger partial charge in [-0.2, -0.15) is 0 Å². The average molecular weight is 270 g/mol. The largest absolute Gasteiger partial charge is 0.496 e. The van der Waals surface area contributed by atoms with Crippen molar-refractivity contribution in [1.29, 1.82) is 0 Å². The van der Waals surface area contributed by atoms with Gasteiger partial charge in [0.15, 0.2) is 0 Å². The smallest absolute Gasteiger partial charge is 0.126 e. The highest BCUT2D eigenvalue weighted by Gasteiger charge is 2.12. The molecule has 106 valence electrons. The summed E-state index contributed by atoms with van der Waals surface area (Å²) in [5.74, 6) is 0.947. The molecule has 1 N–H and O–H groups in total. The Bertz CT molecular complexity index is 603. The number of quaternary nitrogens is 1. The third kappa shape index (κ3) is 3.20. The van der Waals surface area contributed by atoms with Crippen LogP contribution in [0.15, 0.2) is 48.6 Å². The standard InChI is InChI=1S/C18H23NO/c1-5-19(12-14(2)3)13-15-10-11-18(20-4)17-9-7-6-8-16(15)17/h6-11H,2,5,12-13H2,1,3-4H3/p+1. The Hall–Kier alpha value is -1.80. The summed E-state index contributed by atoms with van der Waals surface area (Å²) in [6.07, 6.45) is 0. The second-order valence-corrected chi connectivity index (χ2v) is 5.39. The minimum atomic E-state index is 0.947. The molecular formula is C18H24NO+. The van der Waals surface area contributed by atoms with Crippen molar-refractivity contribution in [3.63, 3.8) is 0 Å². The summed E-state index contributed by atoms with van der Waals surface area (Å²) in [5.41, 5.74) is 2.61. The van der Waals surface area contributed by atoms with Crippen molar-refractivity contribution < 1.29 is 9.64 Å². The van der Waals surface area contributed by atoms with E-state index in [4.69, 9.17) is 4.74 Å². The van der Waals surface area contributed by atoms with Gasteiger partial charge in [0.25, 0.3) is 0 Å². The minimum absolute atomic E-state index is 0.947. The lowest BCUT2D eigenvalue weighted by atomic mass is 10.0. The molecule has 0 fully saturated rings. The minimum Gasteiger partial charge on any atom is -0.496 e. The Morgan fingerprint density at radius 1 is 1.15 bits per heavy atom.